The van der Waals surface area contributed by atoms with E-state index in [1.807, 2.05) is 0 Å². The van der Waals surface area contributed by atoms with Crippen LogP contribution in [0.5, 0.6) is 23.0 Å². The van der Waals surface area contributed by atoms with Crippen molar-refractivity contribution in [2.24, 2.45) is 0 Å². The van der Waals surface area contributed by atoms with E-state index in [9.17, 15) is 23.2 Å². The summed E-state index contributed by atoms with van der Waals surface area (Å²) in [6.45, 7) is -4.07. The Morgan fingerprint density at radius 3 is 2.06 bits per heavy atom. The number of rotatable bonds is 11. The van der Waals surface area contributed by atoms with E-state index in [0.717, 1.165) is 0 Å². The predicted molar refractivity (Wildman–Crippen MR) is 111 cm³/mol. The van der Waals surface area contributed by atoms with E-state index in [4.69, 9.17) is 18.9 Å². The molecule has 2 aromatic rings. The van der Waals surface area contributed by atoms with Crippen molar-refractivity contribution in [2.75, 3.05) is 39.8 Å². The van der Waals surface area contributed by atoms with Crippen LogP contribution < -0.4 is 29.6 Å². The van der Waals surface area contributed by atoms with Crippen LogP contribution in [0.4, 0.5) is 14.5 Å². The average Bonchev–Trinajstić information content (AvgIpc) is 2.80. The molecule has 12 heteroatoms. The van der Waals surface area contributed by atoms with Crippen LogP contribution in [-0.4, -0.2) is 58.9 Å². The molecule has 0 fully saturated rings. The van der Waals surface area contributed by atoms with Crippen LogP contribution in [-0.2, 0) is 14.3 Å². The summed E-state index contributed by atoms with van der Waals surface area (Å²) in [4.78, 5) is 36.1. The molecular weight excluding hydrogens is 446 g/mol. The van der Waals surface area contributed by atoms with E-state index in [-0.39, 0.29) is 28.5 Å². The largest absolute Gasteiger partial charge is 0.493 e. The summed E-state index contributed by atoms with van der Waals surface area (Å²) in [5.74, 6) is -1.38. The molecule has 2 amide bonds. The number of alkyl halides is 2. The topological polar surface area (TPSA) is 121 Å². The molecule has 178 valence electrons. The van der Waals surface area contributed by atoms with Crippen LogP contribution in [0.1, 0.15) is 10.4 Å². The average molecular weight is 468 g/mol. The molecule has 0 unspecified atom stereocenters. The van der Waals surface area contributed by atoms with Gasteiger partial charge in [-0.15, -0.1) is 0 Å². The number of benzene rings is 2. The van der Waals surface area contributed by atoms with Crippen molar-refractivity contribution in [3.8, 4) is 23.0 Å². The van der Waals surface area contributed by atoms with Gasteiger partial charge < -0.3 is 34.3 Å². The van der Waals surface area contributed by atoms with Gasteiger partial charge in [0.05, 0.1) is 21.3 Å². The van der Waals surface area contributed by atoms with Crippen molar-refractivity contribution in [1.82, 2.24) is 5.32 Å². The maximum Gasteiger partial charge on any atom is 0.387 e. The third-order valence-corrected chi connectivity index (χ3v) is 4.05. The first-order chi connectivity index (χ1) is 15.8. The number of ether oxygens (including phenoxy) is 5. The standard InChI is InChI=1S/C21H22F2N2O8/c1-29-15-8-12(9-16(30-2)19(15)31-3)20(28)24-10-18(27)32-11-17(26)25-13-4-6-14(7-5-13)33-21(22)23/h4-9,21H,10-11H2,1-3H3,(H,24,28)(H,25,26). The summed E-state index contributed by atoms with van der Waals surface area (Å²) in [7, 11) is 4.21. The van der Waals surface area contributed by atoms with Crippen molar-refractivity contribution in [3.63, 3.8) is 0 Å². The fourth-order valence-electron chi connectivity index (χ4n) is 2.58. The second kappa shape index (κ2) is 12.1. The second-order valence-corrected chi connectivity index (χ2v) is 6.21. The number of methoxy groups -OCH3 is 3. The van der Waals surface area contributed by atoms with Gasteiger partial charge in [-0.25, -0.2) is 0 Å². The fourth-order valence-corrected chi connectivity index (χ4v) is 2.58. The van der Waals surface area contributed by atoms with Gasteiger partial charge in [-0.2, -0.15) is 8.78 Å². The molecule has 0 aliphatic heterocycles. The molecule has 0 aliphatic carbocycles. The number of halogens is 2. The number of amides is 2. The quantitative estimate of drug-likeness (QED) is 0.482. The van der Waals surface area contributed by atoms with E-state index < -0.39 is 37.5 Å². The highest BCUT2D eigenvalue weighted by molar-refractivity contribution is 5.97. The van der Waals surface area contributed by atoms with Crippen LogP contribution in [0.25, 0.3) is 0 Å². The molecular formula is C21H22F2N2O8. The van der Waals surface area contributed by atoms with Gasteiger partial charge in [0.15, 0.2) is 18.1 Å². The lowest BCUT2D eigenvalue weighted by Crippen LogP contribution is -2.32. The minimum Gasteiger partial charge on any atom is -0.493 e. The van der Waals surface area contributed by atoms with E-state index in [1.165, 1.54) is 57.7 Å². The van der Waals surface area contributed by atoms with E-state index in [2.05, 4.69) is 15.4 Å². The zero-order valence-electron chi connectivity index (χ0n) is 18.0. The van der Waals surface area contributed by atoms with Crippen LogP contribution >= 0.6 is 0 Å². The van der Waals surface area contributed by atoms with Gasteiger partial charge in [0, 0.05) is 11.3 Å². The van der Waals surface area contributed by atoms with Crippen molar-refractivity contribution < 1.29 is 46.8 Å². The molecule has 0 saturated heterocycles. The van der Waals surface area contributed by atoms with Crippen LogP contribution in [0, 0.1) is 0 Å². The van der Waals surface area contributed by atoms with Crippen LogP contribution in [0.3, 0.4) is 0 Å². The first kappa shape index (κ1) is 25.2. The van der Waals surface area contributed by atoms with E-state index in [0.29, 0.717) is 5.75 Å². The van der Waals surface area contributed by atoms with Gasteiger partial charge in [0.1, 0.15) is 12.3 Å². The summed E-state index contributed by atoms with van der Waals surface area (Å²) >= 11 is 0. The summed E-state index contributed by atoms with van der Waals surface area (Å²) in [6, 6.07) is 7.99. The van der Waals surface area contributed by atoms with E-state index >= 15 is 0 Å². The Morgan fingerprint density at radius 2 is 1.55 bits per heavy atom. The first-order valence-corrected chi connectivity index (χ1v) is 9.36. The molecule has 0 atom stereocenters. The van der Waals surface area contributed by atoms with Gasteiger partial charge >= 0.3 is 12.6 Å². The SMILES string of the molecule is COc1cc(C(=O)NCC(=O)OCC(=O)Nc2ccc(OC(F)F)cc2)cc(OC)c1OC. The van der Waals surface area contributed by atoms with Crippen molar-refractivity contribution in [2.45, 2.75) is 6.61 Å². The normalized spacial score (nSPS) is 10.2. The molecule has 0 saturated carbocycles. The lowest BCUT2D eigenvalue weighted by atomic mass is 10.1. The third-order valence-electron chi connectivity index (χ3n) is 4.05. The van der Waals surface area contributed by atoms with Gasteiger partial charge in [-0.05, 0) is 36.4 Å². The van der Waals surface area contributed by atoms with Gasteiger partial charge in [-0.1, -0.05) is 0 Å². The smallest absolute Gasteiger partial charge is 0.387 e. The van der Waals surface area contributed by atoms with Crippen molar-refractivity contribution in [1.29, 1.82) is 0 Å². The number of carbonyl (C=O) groups is 3. The number of esters is 1. The molecule has 2 rings (SSSR count). The Bertz CT molecular complexity index is 958. The number of anilines is 1. The van der Waals surface area contributed by atoms with Crippen LogP contribution in [0.2, 0.25) is 0 Å². The molecule has 0 aliphatic rings. The Balaban J connectivity index is 1.83. The third kappa shape index (κ3) is 7.52. The maximum atomic E-state index is 12.4. The number of carbonyl (C=O) groups excluding carboxylic acids is 3. The highest BCUT2D eigenvalue weighted by atomic mass is 19.3. The zero-order valence-corrected chi connectivity index (χ0v) is 18.0. The Kier molecular flexibility index (Phi) is 9.21. The second-order valence-electron chi connectivity index (χ2n) is 6.21. The molecule has 0 bridgehead atoms. The number of hydrogen-bond donors (Lipinski definition) is 2. The predicted octanol–water partition coefficient (Wildman–Crippen LogP) is 2.23. The highest BCUT2D eigenvalue weighted by Crippen LogP contribution is 2.38. The van der Waals surface area contributed by atoms with Crippen molar-refractivity contribution in [3.05, 3.63) is 42.0 Å². The molecule has 0 spiro atoms. The summed E-state index contributed by atoms with van der Waals surface area (Å²) in [6.07, 6.45) is 0. The Morgan fingerprint density at radius 1 is 0.939 bits per heavy atom. The maximum absolute atomic E-state index is 12.4. The van der Waals surface area contributed by atoms with Crippen molar-refractivity contribution >= 4 is 23.5 Å². The Labute approximate surface area is 187 Å². The molecule has 2 N–H and O–H groups in total. The lowest BCUT2D eigenvalue weighted by Gasteiger charge is -2.14. The Hall–Kier alpha value is -4.09. The fraction of sp³-hybridized carbons (Fsp3) is 0.286. The molecule has 2 aromatic carbocycles. The molecule has 33 heavy (non-hydrogen) atoms. The van der Waals surface area contributed by atoms with E-state index in [1.54, 1.807) is 0 Å². The van der Waals surface area contributed by atoms with Crippen LogP contribution in [0.15, 0.2) is 36.4 Å². The highest BCUT2D eigenvalue weighted by Gasteiger charge is 2.18. The number of hydrogen-bond acceptors (Lipinski definition) is 8. The molecule has 0 heterocycles. The zero-order chi connectivity index (χ0) is 24.4. The molecule has 0 radical (unpaired) electrons. The molecule has 0 aromatic heterocycles. The summed E-state index contributed by atoms with van der Waals surface area (Å²) < 4.78 is 48.8. The number of nitrogens with one attached hydrogen (secondary N) is 2. The minimum absolute atomic E-state index is 0.0720. The minimum atomic E-state index is -2.96. The van der Waals surface area contributed by atoms with Gasteiger partial charge in [0.2, 0.25) is 5.75 Å². The summed E-state index contributed by atoms with van der Waals surface area (Å²) in [5.41, 5.74) is 0.433. The molecule has 10 nitrogen and oxygen atoms in total. The lowest BCUT2D eigenvalue weighted by molar-refractivity contribution is -0.146. The monoisotopic (exact) mass is 468 g/mol. The first-order valence-electron chi connectivity index (χ1n) is 9.36. The summed E-state index contributed by atoms with van der Waals surface area (Å²) in [5, 5.41) is 4.78. The van der Waals surface area contributed by atoms with Gasteiger partial charge in [-0.3, -0.25) is 14.4 Å². The van der Waals surface area contributed by atoms with Gasteiger partial charge in [0.25, 0.3) is 11.8 Å².